The number of hydrogen-bond donors (Lipinski definition) is 0. The summed E-state index contributed by atoms with van der Waals surface area (Å²) in [4.78, 5) is 6.31. The van der Waals surface area contributed by atoms with Crippen LogP contribution < -0.4 is 0 Å². The first kappa shape index (κ1) is 11.3. The van der Waals surface area contributed by atoms with Gasteiger partial charge in [0, 0.05) is 22.3 Å². The van der Waals surface area contributed by atoms with Crippen molar-refractivity contribution >= 4 is 16.3 Å². The fraction of sp³-hybridized carbons (Fsp3) is 0.154. The second-order valence-electron chi connectivity index (χ2n) is 4.12. The second kappa shape index (κ2) is 3.88. The van der Waals surface area contributed by atoms with Crippen LogP contribution in [0.3, 0.4) is 0 Å². The molecule has 2 heterocycles. The Morgan fingerprint density at radius 2 is 2.00 bits per heavy atom. The van der Waals surface area contributed by atoms with Gasteiger partial charge >= 0.3 is 0 Å². The van der Waals surface area contributed by atoms with E-state index in [1.165, 1.54) is 28.3 Å². The van der Waals surface area contributed by atoms with E-state index in [9.17, 15) is 8.78 Å². The van der Waals surface area contributed by atoms with E-state index >= 15 is 0 Å². The quantitative estimate of drug-likeness (QED) is 0.650. The van der Waals surface area contributed by atoms with Crippen molar-refractivity contribution in [3.05, 3.63) is 46.6 Å². The molecule has 0 spiro atoms. The molecule has 0 aliphatic heterocycles. The number of nitrogens with zero attached hydrogens (tertiary/aromatic N) is 2. The van der Waals surface area contributed by atoms with E-state index in [1.54, 1.807) is 6.20 Å². The highest BCUT2D eigenvalue weighted by atomic mass is 32.1. The van der Waals surface area contributed by atoms with E-state index in [-0.39, 0.29) is 5.56 Å². The maximum absolute atomic E-state index is 13.7. The molecule has 1 aromatic carbocycles. The van der Waals surface area contributed by atoms with Crippen molar-refractivity contribution in [3.8, 4) is 11.3 Å². The van der Waals surface area contributed by atoms with Crippen molar-refractivity contribution in [1.29, 1.82) is 0 Å². The van der Waals surface area contributed by atoms with Crippen LogP contribution in [0.25, 0.3) is 16.2 Å². The summed E-state index contributed by atoms with van der Waals surface area (Å²) in [6, 6.07) is 4.12. The maximum Gasteiger partial charge on any atom is 0.194 e. The molecular weight excluding hydrogens is 254 g/mol. The smallest absolute Gasteiger partial charge is 0.194 e. The molecule has 0 bridgehead atoms. The van der Waals surface area contributed by atoms with Crippen LogP contribution >= 0.6 is 11.3 Å². The molecule has 0 aliphatic carbocycles. The summed E-state index contributed by atoms with van der Waals surface area (Å²) < 4.78 is 28.8. The third kappa shape index (κ3) is 1.54. The first-order valence-electron chi connectivity index (χ1n) is 5.47. The van der Waals surface area contributed by atoms with Gasteiger partial charge in [0.15, 0.2) is 16.6 Å². The zero-order valence-electron chi connectivity index (χ0n) is 9.87. The Hall–Kier alpha value is -1.75. The lowest BCUT2D eigenvalue weighted by atomic mass is 10.1. The molecule has 0 saturated carbocycles. The van der Waals surface area contributed by atoms with Crippen molar-refractivity contribution in [1.82, 2.24) is 9.38 Å². The summed E-state index contributed by atoms with van der Waals surface area (Å²) in [6.45, 7) is 3.99. The summed E-state index contributed by atoms with van der Waals surface area (Å²) in [7, 11) is 0. The maximum atomic E-state index is 13.7. The van der Waals surface area contributed by atoms with Crippen molar-refractivity contribution in [3.63, 3.8) is 0 Å². The van der Waals surface area contributed by atoms with E-state index in [1.807, 2.05) is 18.2 Å². The molecule has 0 amide bonds. The molecule has 3 aromatic rings. The zero-order chi connectivity index (χ0) is 12.9. The predicted molar refractivity (Wildman–Crippen MR) is 67.9 cm³/mol. The minimum atomic E-state index is -0.850. The Kier molecular flexibility index (Phi) is 2.45. The van der Waals surface area contributed by atoms with Crippen molar-refractivity contribution < 1.29 is 8.78 Å². The molecule has 0 fully saturated rings. The highest BCUT2D eigenvalue weighted by molar-refractivity contribution is 7.17. The standard InChI is InChI=1S/C13H10F2N2S/c1-7-8(2)18-13-16-11(6-17(7)13)9-4-3-5-10(14)12(9)15/h3-6H,1-2H3. The molecule has 92 valence electrons. The number of hydrogen-bond acceptors (Lipinski definition) is 2. The van der Waals surface area contributed by atoms with Crippen LogP contribution in [0.15, 0.2) is 24.4 Å². The Bertz CT molecular complexity index is 743. The Labute approximate surface area is 107 Å². The van der Waals surface area contributed by atoms with Crippen LogP contribution in [0.4, 0.5) is 8.78 Å². The molecule has 2 aromatic heterocycles. The molecule has 0 radical (unpaired) electrons. The lowest BCUT2D eigenvalue weighted by molar-refractivity contribution is 0.511. The van der Waals surface area contributed by atoms with E-state index in [4.69, 9.17) is 0 Å². The number of fused-ring (bicyclic) bond motifs is 1. The van der Waals surface area contributed by atoms with Gasteiger partial charge in [-0.25, -0.2) is 13.8 Å². The van der Waals surface area contributed by atoms with Crippen LogP contribution in [-0.4, -0.2) is 9.38 Å². The van der Waals surface area contributed by atoms with Crippen molar-refractivity contribution in [2.75, 3.05) is 0 Å². The predicted octanol–water partition coefficient (Wildman–Crippen LogP) is 3.96. The van der Waals surface area contributed by atoms with Crippen molar-refractivity contribution in [2.24, 2.45) is 0 Å². The van der Waals surface area contributed by atoms with E-state index in [0.29, 0.717) is 5.69 Å². The minimum absolute atomic E-state index is 0.197. The largest absolute Gasteiger partial charge is 0.294 e. The van der Waals surface area contributed by atoms with Gasteiger partial charge in [-0.3, -0.25) is 4.40 Å². The Balaban J connectivity index is 2.23. The number of aromatic nitrogens is 2. The van der Waals surface area contributed by atoms with E-state index < -0.39 is 11.6 Å². The van der Waals surface area contributed by atoms with Gasteiger partial charge in [0.25, 0.3) is 0 Å². The van der Waals surface area contributed by atoms with Crippen LogP contribution in [0.1, 0.15) is 10.6 Å². The summed E-state index contributed by atoms with van der Waals surface area (Å²) in [5, 5.41) is 0. The Morgan fingerprint density at radius 3 is 2.72 bits per heavy atom. The van der Waals surface area contributed by atoms with E-state index in [0.717, 1.165) is 16.7 Å². The van der Waals surface area contributed by atoms with Crippen LogP contribution in [0.5, 0.6) is 0 Å². The number of benzene rings is 1. The average Bonchev–Trinajstić information content (AvgIpc) is 2.85. The lowest BCUT2D eigenvalue weighted by Gasteiger charge is -1.99. The van der Waals surface area contributed by atoms with E-state index in [2.05, 4.69) is 4.98 Å². The zero-order valence-corrected chi connectivity index (χ0v) is 10.7. The Morgan fingerprint density at radius 1 is 1.22 bits per heavy atom. The van der Waals surface area contributed by atoms with Gasteiger partial charge in [-0.2, -0.15) is 0 Å². The topological polar surface area (TPSA) is 17.3 Å². The van der Waals surface area contributed by atoms with Gasteiger partial charge in [0.2, 0.25) is 0 Å². The number of imidazole rings is 1. The molecule has 3 rings (SSSR count). The molecule has 0 N–H and O–H groups in total. The first-order chi connectivity index (χ1) is 8.58. The fourth-order valence-corrected chi connectivity index (χ4v) is 2.84. The SMILES string of the molecule is Cc1sc2nc(-c3cccc(F)c3F)cn2c1C. The molecule has 0 atom stereocenters. The molecule has 5 heteroatoms. The molecule has 0 saturated heterocycles. The number of rotatable bonds is 1. The summed E-state index contributed by atoms with van der Waals surface area (Å²) in [5.74, 6) is -1.70. The molecule has 0 aliphatic rings. The highest BCUT2D eigenvalue weighted by Gasteiger charge is 2.15. The third-order valence-electron chi connectivity index (χ3n) is 3.02. The summed E-state index contributed by atoms with van der Waals surface area (Å²) in [5.41, 5.74) is 1.73. The summed E-state index contributed by atoms with van der Waals surface area (Å²) in [6.07, 6.45) is 1.74. The average molecular weight is 264 g/mol. The number of aryl methyl sites for hydroxylation is 2. The van der Waals surface area contributed by atoms with Crippen molar-refractivity contribution in [2.45, 2.75) is 13.8 Å². The van der Waals surface area contributed by atoms with Gasteiger partial charge < -0.3 is 0 Å². The second-order valence-corrected chi connectivity index (χ2v) is 5.31. The lowest BCUT2D eigenvalue weighted by Crippen LogP contribution is -1.89. The fourth-order valence-electron chi connectivity index (χ4n) is 1.89. The van der Waals surface area contributed by atoms with Crippen LogP contribution in [-0.2, 0) is 0 Å². The summed E-state index contributed by atoms with van der Waals surface area (Å²) >= 11 is 1.54. The first-order valence-corrected chi connectivity index (χ1v) is 6.29. The molecule has 0 unspecified atom stereocenters. The van der Waals surface area contributed by atoms with Gasteiger partial charge in [-0.05, 0) is 26.0 Å². The number of halogens is 2. The monoisotopic (exact) mass is 264 g/mol. The van der Waals surface area contributed by atoms with Crippen LogP contribution in [0, 0.1) is 25.5 Å². The molecule has 18 heavy (non-hydrogen) atoms. The van der Waals surface area contributed by atoms with Crippen LogP contribution in [0.2, 0.25) is 0 Å². The van der Waals surface area contributed by atoms with Gasteiger partial charge in [-0.1, -0.05) is 6.07 Å². The molecule has 2 nitrogen and oxygen atoms in total. The van der Waals surface area contributed by atoms with Gasteiger partial charge in [0.05, 0.1) is 5.69 Å². The van der Waals surface area contributed by atoms with Gasteiger partial charge in [-0.15, -0.1) is 11.3 Å². The third-order valence-corrected chi connectivity index (χ3v) is 4.09. The number of thiazole rings is 1. The molecular formula is C13H10F2N2S. The van der Waals surface area contributed by atoms with Gasteiger partial charge in [0.1, 0.15) is 0 Å². The normalized spacial score (nSPS) is 11.3. The highest BCUT2D eigenvalue weighted by Crippen LogP contribution is 2.28. The minimum Gasteiger partial charge on any atom is -0.294 e.